The van der Waals surface area contributed by atoms with Gasteiger partial charge in [-0.25, -0.2) is 0 Å². The normalized spacial score (nSPS) is 55.5. The van der Waals surface area contributed by atoms with E-state index in [1.807, 2.05) is 0 Å². The Morgan fingerprint density at radius 2 is 1.12 bits per heavy atom. The van der Waals surface area contributed by atoms with E-state index in [2.05, 4.69) is 0 Å². The number of alkyl halides is 2. The number of rotatable bonds is 0. The second-order valence-corrected chi connectivity index (χ2v) is 3.05. The van der Waals surface area contributed by atoms with Gasteiger partial charge in [-0.1, -0.05) is 0 Å². The van der Waals surface area contributed by atoms with Crippen LogP contribution >= 0.6 is 23.2 Å². The average Bonchev–Trinajstić information content (AvgIpc) is 1.83. The van der Waals surface area contributed by atoms with Crippen LogP contribution in [0, 0.1) is 0 Å². The lowest BCUT2D eigenvalue weighted by Crippen LogP contribution is -2.67. The fourth-order valence-electron chi connectivity index (χ4n) is 0.704. The molecule has 0 saturated heterocycles. The maximum atomic E-state index is 5.61. The first kappa shape index (κ1) is 6.62. The van der Waals surface area contributed by atoms with Gasteiger partial charge in [-0.2, -0.15) is 0 Å². The highest BCUT2D eigenvalue weighted by Crippen LogP contribution is 2.28. The minimum absolute atomic E-state index is 0.112. The Balaban J connectivity index is 2.42. The Morgan fingerprint density at radius 1 is 0.875 bits per heavy atom. The molecule has 0 aliphatic heterocycles. The highest BCUT2D eigenvalue weighted by Gasteiger charge is 2.43. The predicted octanol–water partition coefficient (Wildman–Crippen LogP) is -0.131. The van der Waals surface area contributed by atoms with E-state index < -0.39 is 0 Å². The van der Waals surface area contributed by atoms with Crippen molar-refractivity contribution < 1.29 is 0 Å². The smallest absolute Gasteiger partial charge is 0.0681 e. The summed E-state index contributed by atoms with van der Waals surface area (Å²) in [7, 11) is 0. The molecule has 2 nitrogen and oxygen atoms in total. The fraction of sp³-hybridized carbons (Fsp3) is 1.00. The lowest BCUT2D eigenvalue weighted by molar-refractivity contribution is 0.363. The molecule has 8 heavy (non-hydrogen) atoms. The summed E-state index contributed by atoms with van der Waals surface area (Å²) in [6.07, 6.45) is 0. The van der Waals surface area contributed by atoms with Gasteiger partial charge in [0.25, 0.3) is 0 Å². The standard InChI is InChI=1S/C4H8Cl2N2/c5-1-2(6)4(8)3(1)7/h1-4H,7-8H2. The van der Waals surface area contributed by atoms with Crippen LogP contribution in [0.1, 0.15) is 0 Å². The van der Waals surface area contributed by atoms with E-state index in [4.69, 9.17) is 34.7 Å². The van der Waals surface area contributed by atoms with Crippen molar-refractivity contribution in [3.05, 3.63) is 0 Å². The predicted molar refractivity (Wildman–Crippen MR) is 35.2 cm³/mol. The molecule has 0 aromatic carbocycles. The molecule has 0 aromatic heterocycles. The number of nitrogens with two attached hydrogens (primary N) is 2. The van der Waals surface area contributed by atoms with Crippen LogP contribution in [0.15, 0.2) is 0 Å². The largest absolute Gasteiger partial charge is 0.325 e. The van der Waals surface area contributed by atoms with Crippen molar-refractivity contribution >= 4 is 23.2 Å². The number of hydrogen-bond acceptors (Lipinski definition) is 2. The molecule has 0 aromatic rings. The number of halogens is 2. The summed E-state index contributed by atoms with van der Waals surface area (Å²) in [6, 6.07) is -0.224. The Kier molecular flexibility index (Phi) is 1.68. The molecule has 0 bridgehead atoms. The van der Waals surface area contributed by atoms with Crippen molar-refractivity contribution in [1.29, 1.82) is 0 Å². The fourth-order valence-corrected chi connectivity index (χ4v) is 1.38. The zero-order valence-corrected chi connectivity index (χ0v) is 5.73. The van der Waals surface area contributed by atoms with E-state index in [0.717, 1.165) is 0 Å². The van der Waals surface area contributed by atoms with Gasteiger partial charge < -0.3 is 11.5 Å². The highest BCUT2D eigenvalue weighted by molar-refractivity contribution is 6.32. The first-order valence-electron chi connectivity index (χ1n) is 2.44. The van der Waals surface area contributed by atoms with Crippen LogP contribution in [0.4, 0.5) is 0 Å². The Morgan fingerprint density at radius 3 is 1.25 bits per heavy atom. The second kappa shape index (κ2) is 2.03. The summed E-state index contributed by atoms with van der Waals surface area (Å²) < 4.78 is 0. The van der Waals surface area contributed by atoms with E-state index in [1.165, 1.54) is 0 Å². The van der Waals surface area contributed by atoms with Crippen LogP contribution in [0.5, 0.6) is 0 Å². The topological polar surface area (TPSA) is 52.0 Å². The van der Waals surface area contributed by atoms with Crippen molar-refractivity contribution in [2.45, 2.75) is 22.8 Å². The van der Waals surface area contributed by atoms with E-state index >= 15 is 0 Å². The molecule has 1 saturated carbocycles. The molecule has 1 fully saturated rings. The van der Waals surface area contributed by atoms with Crippen LogP contribution in [-0.4, -0.2) is 22.8 Å². The van der Waals surface area contributed by atoms with Crippen LogP contribution in [0.3, 0.4) is 0 Å². The van der Waals surface area contributed by atoms with Crippen molar-refractivity contribution in [3.63, 3.8) is 0 Å². The SMILES string of the molecule is NC1C(N)C(Cl)C1Cl. The minimum Gasteiger partial charge on any atom is -0.325 e. The second-order valence-electron chi connectivity index (χ2n) is 2.04. The lowest BCUT2D eigenvalue weighted by Gasteiger charge is -2.40. The summed E-state index contributed by atoms with van der Waals surface area (Å²) in [5, 5.41) is -0.265. The first-order chi connectivity index (χ1) is 3.64. The quantitative estimate of drug-likeness (QED) is 0.478. The van der Waals surface area contributed by atoms with Crippen LogP contribution < -0.4 is 11.5 Å². The Hall–Kier alpha value is 0.500. The molecular weight excluding hydrogens is 147 g/mol. The molecule has 0 amide bonds. The molecule has 1 aliphatic rings. The third-order valence-corrected chi connectivity index (χ3v) is 2.74. The molecule has 4 unspecified atom stereocenters. The van der Waals surface area contributed by atoms with Crippen molar-refractivity contribution in [2.24, 2.45) is 11.5 Å². The van der Waals surface area contributed by atoms with Gasteiger partial charge in [-0.05, 0) is 0 Å². The van der Waals surface area contributed by atoms with Crippen LogP contribution in [-0.2, 0) is 0 Å². The van der Waals surface area contributed by atoms with Crippen molar-refractivity contribution in [2.75, 3.05) is 0 Å². The maximum absolute atomic E-state index is 5.61. The average molecular weight is 155 g/mol. The van der Waals surface area contributed by atoms with Gasteiger partial charge in [0.1, 0.15) is 0 Å². The Bertz CT molecular complexity index is 66.0. The number of hydrogen-bond donors (Lipinski definition) is 2. The molecule has 1 rings (SSSR count). The Labute approximate surface area is 58.1 Å². The molecule has 0 radical (unpaired) electrons. The van der Waals surface area contributed by atoms with E-state index in [9.17, 15) is 0 Å². The monoisotopic (exact) mass is 154 g/mol. The van der Waals surface area contributed by atoms with Gasteiger partial charge in [-0.3, -0.25) is 0 Å². The van der Waals surface area contributed by atoms with Gasteiger partial charge in [0, 0.05) is 12.1 Å². The van der Waals surface area contributed by atoms with Gasteiger partial charge in [0.15, 0.2) is 0 Å². The molecular formula is C4H8Cl2N2. The zero-order valence-electron chi connectivity index (χ0n) is 4.22. The molecule has 48 valence electrons. The van der Waals surface area contributed by atoms with Gasteiger partial charge >= 0.3 is 0 Å². The van der Waals surface area contributed by atoms with Gasteiger partial charge in [-0.15, -0.1) is 23.2 Å². The summed E-state index contributed by atoms with van der Waals surface area (Å²) in [4.78, 5) is 0. The molecule has 0 heterocycles. The molecule has 0 spiro atoms. The molecule has 4 atom stereocenters. The first-order valence-corrected chi connectivity index (χ1v) is 3.31. The minimum atomic E-state index is -0.133. The lowest BCUT2D eigenvalue weighted by atomic mass is 9.87. The van der Waals surface area contributed by atoms with Gasteiger partial charge in [0.2, 0.25) is 0 Å². The van der Waals surface area contributed by atoms with Crippen LogP contribution in [0.25, 0.3) is 0 Å². The highest BCUT2D eigenvalue weighted by atomic mass is 35.5. The van der Waals surface area contributed by atoms with Crippen LogP contribution in [0.2, 0.25) is 0 Å². The maximum Gasteiger partial charge on any atom is 0.0681 e. The van der Waals surface area contributed by atoms with E-state index in [0.29, 0.717) is 0 Å². The molecule has 1 aliphatic carbocycles. The summed E-state index contributed by atoms with van der Waals surface area (Å²) in [6.45, 7) is 0. The van der Waals surface area contributed by atoms with E-state index in [-0.39, 0.29) is 22.8 Å². The zero-order chi connectivity index (χ0) is 6.31. The molecule has 4 heteroatoms. The van der Waals surface area contributed by atoms with E-state index in [1.54, 1.807) is 0 Å². The van der Waals surface area contributed by atoms with Gasteiger partial charge in [0.05, 0.1) is 10.8 Å². The summed E-state index contributed by atoms with van der Waals surface area (Å²) in [5.74, 6) is 0. The summed E-state index contributed by atoms with van der Waals surface area (Å²) >= 11 is 11.2. The summed E-state index contributed by atoms with van der Waals surface area (Å²) in [5.41, 5.74) is 10.8. The third-order valence-electron chi connectivity index (χ3n) is 1.48. The van der Waals surface area contributed by atoms with Crippen molar-refractivity contribution in [1.82, 2.24) is 0 Å². The third kappa shape index (κ3) is 0.722. The molecule has 4 N–H and O–H groups in total. The van der Waals surface area contributed by atoms with Crippen molar-refractivity contribution in [3.8, 4) is 0 Å².